The zero-order chi connectivity index (χ0) is 21.5. The van der Waals surface area contributed by atoms with E-state index in [2.05, 4.69) is 10.6 Å². The molecule has 0 bridgehead atoms. The summed E-state index contributed by atoms with van der Waals surface area (Å²) in [6.45, 7) is 5.44. The van der Waals surface area contributed by atoms with Crippen LogP contribution in [0.2, 0.25) is 0 Å². The van der Waals surface area contributed by atoms with Gasteiger partial charge in [0.05, 0.1) is 0 Å². The fraction of sp³-hybridized carbons (Fsp3) is 0.391. The lowest BCUT2D eigenvalue weighted by molar-refractivity contribution is -0.139. The Morgan fingerprint density at radius 2 is 2.03 bits per heavy atom. The van der Waals surface area contributed by atoms with E-state index >= 15 is 0 Å². The maximum Gasteiger partial charge on any atom is 0.319 e. The fourth-order valence-electron chi connectivity index (χ4n) is 3.61. The van der Waals surface area contributed by atoms with Crippen LogP contribution in [0.5, 0.6) is 5.75 Å². The predicted molar refractivity (Wildman–Crippen MR) is 114 cm³/mol. The molecule has 0 saturated carbocycles. The highest BCUT2D eigenvalue weighted by Gasteiger charge is 2.28. The molecule has 0 radical (unpaired) electrons. The number of carbonyl (C=O) groups excluding carboxylic acids is 2. The topological polar surface area (TPSA) is 70.7 Å². The van der Waals surface area contributed by atoms with E-state index in [1.165, 1.54) is 18.2 Å². The summed E-state index contributed by atoms with van der Waals surface area (Å²) in [5.41, 5.74) is 1.47. The van der Waals surface area contributed by atoms with Crippen molar-refractivity contribution in [3.05, 3.63) is 59.9 Å². The largest absolute Gasteiger partial charge is 0.481 e. The number of halogens is 1. The number of nitrogens with one attached hydrogen (secondary N) is 2. The quantitative estimate of drug-likeness (QED) is 0.753. The van der Waals surface area contributed by atoms with Crippen molar-refractivity contribution in [1.29, 1.82) is 0 Å². The molecule has 1 saturated heterocycles. The van der Waals surface area contributed by atoms with Crippen LogP contribution in [0.4, 0.5) is 14.9 Å². The van der Waals surface area contributed by atoms with Gasteiger partial charge in [-0.3, -0.25) is 4.79 Å². The first kappa shape index (κ1) is 21.6. The smallest absolute Gasteiger partial charge is 0.319 e. The van der Waals surface area contributed by atoms with Crippen LogP contribution < -0.4 is 15.4 Å². The highest BCUT2D eigenvalue weighted by atomic mass is 19.1. The summed E-state index contributed by atoms with van der Waals surface area (Å²) in [5.74, 6) is 0.383. The minimum atomic E-state index is -0.574. The molecule has 2 unspecified atom stereocenters. The Morgan fingerprint density at radius 3 is 2.80 bits per heavy atom. The number of rotatable bonds is 6. The minimum Gasteiger partial charge on any atom is -0.481 e. The number of likely N-dealkylation sites (tertiary alicyclic amines) is 1. The van der Waals surface area contributed by atoms with E-state index in [0.29, 0.717) is 31.1 Å². The number of hydrogen-bond donors (Lipinski definition) is 2. The second kappa shape index (κ2) is 10.1. The van der Waals surface area contributed by atoms with Crippen LogP contribution in [0, 0.1) is 18.7 Å². The zero-order valence-corrected chi connectivity index (χ0v) is 17.4. The summed E-state index contributed by atoms with van der Waals surface area (Å²) in [6, 6.07) is 13.0. The molecule has 0 aromatic heterocycles. The number of ether oxygens (including phenoxy) is 1. The van der Waals surface area contributed by atoms with E-state index < -0.39 is 11.9 Å². The lowest BCUT2D eigenvalue weighted by atomic mass is 9.97. The molecule has 0 aliphatic carbocycles. The van der Waals surface area contributed by atoms with E-state index in [-0.39, 0.29) is 17.9 Å². The number of nitrogens with zero attached hydrogens (tertiary/aromatic N) is 1. The van der Waals surface area contributed by atoms with Crippen molar-refractivity contribution in [1.82, 2.24) is 10.2 Å². The van der Waals surface area contributed by atoms with Gasteiger partial charge in [0, 0.05) is 25.3 Å². The standard InChI is InChI=1S/C23H28FN3O3/c1-16-6-3-10-21(12-16)30-17(2)22(28)27-11-5-7-18(15-27)14-25-23(29)26-20-9-4-8-19(24)13-20/h3-4,6,8-10,12-13,17-18H,5,7,11,14-15H2,1-2H3,(H2,25,26,29). The molecule has 1 heterocycles. The van der Waals surface area contributed by atoms with Crippen LogP contribution >= 0.6 is 0 Å². The number of benzene rings is 2. The number of hydrogen-bond acceptors (Lipinski definition) is 3. The molecule has 3 rings (SSSR count). The van der Waals surface area contributed by atoms with Crippen LogP contribution in [0.25, 0.3) is 0 Å². The Kier molecular flexibility index (Phi) is 7.27. The average Bonchev–Trinajstić information content (AvgIpc) is 2.72. The monoisotopic (exact) mass is 413 g/mol. The molecule has 3 amide bonds. The molecular weight excluding hydrogens is 385 g/mol. The molecule has 30 heavy (non-hydrogen) atoms. The number of carbonyl (C=O) groups is 2. The van der Waals surface area contributed by atoms with Crippen molar-refractivity contribution in [2.75, 3.05) is 25.0 Å². The molecule has 1 aliphatic rings. The van der Waals surface area contributed by atoms with Crippen molar-refractivity contribution in [3.8, 4) is 5.75 Å². The van der Waals surface area contributed by atoms with E-state index in [1.807, 2.05) is 31.2 Å². The molecule has 1 fully saturated rings. The number of amides is 3. The molecule has 2 aromatic carbocycles. The molecule has 7 heteroatoms. The van der Waals surface area contributed by atoms with Crippen LogP contribution in [0.15, 0.2) is 48.5 Å². The van der Waals surface area contributed by atoms with Gasteiger partial charge in [0.25, 0.3) is 5.91 Å². The van der Waals surface area contributed by atoms with Gasteiger partial charge in [0.1, 0.15) is 11.6 Å². The number of aryl methyl sites for hydroxylation is 1. The first-order valence-corrected chi connectivity index (χ1v) is 10.2. The van der Waals surface area contributed by atoms with E-state index in [9.17, 15) is 14.0 Å². The van der Waals surface area contributed by atoms with Gasteiger partial charge in [-0.15, -0.1) is 0 Å². The Labute approximate surface area is 176 Å². The van der Waals surface area contributed by atoms with Gasteiger partial charge >= 0.3 is 6.03 Å². The highest BCUT2D eigenvalue weighted by molar-refractivity contribution is 5.89. The molecule has 2 aromatic rings. The number of piperidine rings is 1. The van der Waals surface area contributed by atoms with E-state index in [0.717, 1.165) is 18.4 Å². The van der Waals surface area contributed by atoms with Gasteiger partial charge in [-0.05, 0) is 68.5 Å². The van der Waals surface area contributed by atoms with Crippen LogP contribution in [-0.4, -0.2) is 42.6 Å². The number of anilines is 1. The van der Waals surface area contributed by atoms with Gasteiger partial charge in [0.2, 0.25) is 0 Å². The van der Waals surface area contributed by atoms with Gasteiger partial charge in [0.15, 0.2) is 6.10 Å². The fourth-order valence-corrected chi connectivity index (χ4v) is 3.61. The maximum atomic E-state index is 13.2. The lowest BCUT2D eigenvalue weighted by Gasteiger charge is -2.34. The molecule has 2 atom stereocenters. The zero-order valence-electron chi connectivity index (χ0n) is 17.4. The summed E-state index contributed by atoms with van der Waals surface area (Å²) in [5, 5.41) is 5.43. The predicted octanol–water partition coefficient (Wildman–Crippen LogP) is 3.96. The normalized spacial score (nSPS) is 17.2. The second-order valence-corrected chi connectivity index (χ2v) is 7.71. The maximum absolute atomic E-state index is 13.2. The summed E-state index contributed by atoms with van der Waals surface area (Å²) in [6.07, 6.45) is 1.23. The summed E-state index contributed by atoms with van der Waals surface area (Å²) >= 11 is 0. The highest BCUT2D eigenvalue weighted by Crippen LogP contribution is 2.19. The van der Waals surface area contributed by atoms with Gasteiger partial charge < -0.3 is 20.3 Å². The SMILES string of the molecule is Cc1cccc(OC(C)C(=O)N2CCCC(CNC(=O)Nc3cccc(F)c3)C2)c1. The lowest BCUT2D eigenvalue weighted by Crippen LogP contribution is -2.48. The number of urea groups is 1. The minimum absolute atomic E-state index is 0.0505. The Morgan fingerprint density at radius 1 is 1.23 bits per heavy atom. The summed E-state index contributed by atoms with van der Waals surface area (Å²) in [4.78, 5) is 26.7. The summed E-state index contributed by atoms with van der Waals surface area (Å²) < 4.78 is 19.0. The molecule has 1 aliphatic heterocycles. The first-order valence-electron chi connectivity index (χ1n) is 10.2. The van der Waals surface area contributed by atoms with Crippen LogP contribution in [0.1, 0.15) is 25.3 Å². The van der Waals surface area contributed by atoms with E-state index in [4.69, 9.17) is 4.74 Å². The van der Waals surface area contributed by atoms with Crippen LogP contribution in [0.3, 0.4) is 0 Å². The third kappa shape index (κ3) is 6.20. The first-order chi connectivity index (χ1) is 14.4. The van der Waals surface area contributed by atoms with Gasteiger partial charge in [-0.1, -0.05) is 18.2 Å². The molecular formula is C23H28FN3O3. The van der Waals surface area contributed by atoms with Crippen molar-refractivity contribution in [2.24, 2.45) is 5.92 Å². The molecule has 0 spiro atoms. The third-order valence-electron chi connectivity index (χ3n) is 5.11. The molecule has 160 valence electrons. The Hall–Kier alpha value is -3.09. The summed E-state index contributed by atoms with van der Waals surface area (Å²) in [7, 11) is 0. The Bertz CT molecular complexity index is 890. The molecule has 2 N–H and O–H groups in total. The van der Waals surface area contributed by atoms with Gasteiger partial charge in [-0.25, -0.2) is 9.18 Å². The van der Waals surface area contributed by atoms with Crippen molar-refractivity contribution >= 4 is 17.6 Å². The average molecular weight is 413 g/mol. The third-order valence-corrected chi connectivity index (χ3v) is 5.11. The molecule has 6 nitrogen and oxygen atoms in total. The van der Waals surface area contributed by atoms with Crippen molar-refractivity contribution < 1.29 is 18.7 Å². The van der Waals surface area contributed by atoms with E-state index in [1.54, 1.807) is 17.9 Å². The van der Waals surface area contributed by atoms with Crippen LogP contribution in [-0.2, 0) is 4.79 Å². The Balaban J connectivity index is 1.47. The van der Waals surface area contributed by atoms with Gasteiger partial charge in [-0.2, -0.15) is 0 Å². The second-order valence-electron chi connectivity index (χ2n) is 7.71. The van der Waals surface area contributed by atoms with Crippen molar-refractivity contribution in [3.63, 3.8) is 0 Å². The van der Waals surface area contributed by atoms with Crippen molar-refractivity contribution in [2.45, 2.75) is 32.8 Å².